The number of benzene rings is 1. The fourth-order valence-electron chi connectivity index (χ4n) is 1.84. The van der Waals surface area contributed by atoms with Crippen molar-refractivity contribution in [3.8, 4) is 0 Å². The lowest BCUT2D eigenvalue weighted by Crippen LogP contribution is -2.33. The van der Waals surface area contributed by atoms with Gasteiger partial charge in [-0.2, -0.15) is 0 Å². The average Bonchev–Trinajstić information content (AvgIpc) is 2.81. The number of carboxylic acid groups (broad SMARTS) is 1. The first kappa shape index (κ1) is 14.0. The van der Waals surface area contributed by atoms with Gasteiger partial charge in [0, 0.05) is 6.04 Å². The topological polar surface area (TPSA) is 83.5 Å². The van der Waals surface area contributed by atoms with E-state index in [-0.39, 0.29) is 21.5 Å². The number of aromatic carboxylic acids is 1. The van der Waals surface area contributed by atoms with Gasteiger partial charge in [-0.1, -0.05) is 23.8 Å². The Morgan fingerprint density at radius 3 is 2.53 bits per heavy atom. The third-order valence-electron chi connectivity index (χ3n) is 2.80. The molecule has 5 nitrogen and oxygen atoms in total. The molecule has 2 N–H and O–H groups in total. The van der Waals surface area contributed by atoms with E-state index in [0.717, 1.165) is 6.07 Å². The summed E-state index contributed by atoms with van der Waals surface area (Å²) in [4.78, 5) is 10.7. The molecule has 2 rings (SSSR count). The second kappa shape index (κ2) is 5.32. The van der Waals surface area contributed by atoms with Crippen LogP contribution in [-0.2, 0) is 10.0 Å². The van der Waals surface area contributed by atoms with Crippen molar-refractivity contribution in [2.24, 2.45) is 0 Å². The Labute approximate surface area is 115 Å². The summed E-state index contributed by atoms with van der Waals surface area (Å²) >= 11 is 5.84. The van der Waals surface area contributed by atoms with Crippen molar-refractivity contribution in [1.29, 1.82) is 0 Å². The van der Waals surface area contributed by atoms with Gasteiger partial charge in [-0.15, -0.1) is 0 Å². The molecule has 0 bridgehead atoms. The van der Waals surface area contributed by atoms with E-state index in [9.17, 15) is 13.2 Å². The molecular formula is C12H12ClNO4S. The van der Waals surface area contributed by atoms with Crippen LogP contribution < -0.4 is 4.72 Å². The summed E-state index contributed by atoms with van der Waals surface area (Å²) in [5.41, 5.74) is -0.116. The zero-order valence-corrected chi connectivity index (χ0v) is 11.4. The van der Waals surface area contributed by atoms with Crippen LogP contribution in [0.25, 0.3) is 0 Å². The highest BCUT2D eigenvalue weighted by molar-refractivity contribution is 7.89. The van der Waals surface area contributed by atoms with Crippen LogP contribution in [0.4, 0.5) is 0 Å². The maximum Gasteiger partial charge on any atom is 0.335 e. The van der Waals surface area contributed by atoms with Crippen LogP contribution in [0.1, 0.15) is 23.2 Å². The highest BCUT2D eigenvalue weighted by atomic mass is 35.5. The molecule has 0 aliphatic heterocycles. The summed E-state index contributed by atoms with van der Waals surface area (Å²) in [5.74, 6) is -1.20. The lowest BCUT2D eigenvalue weighted by Gasteiger charge is -2.13. The quantitative estimate of drug-likeness (QED) is 0.834. The smallest absolute Gasteiger partial charge is 0.335 e. The number of rotatable bonds is 4. The first-order valence-electron chi connectivity index (χ1n) is 5.60. The largest absolute Gasteiger partial charge is 0.478 e. The lowest BCUT2D eigenvalue weighted by atomic mass is 10.2. The SMILES string of the molecule is O=C(O)c1ccc(Cl)c(S(=O)(=O)NC2CC=CC2)c1. The zero-order valence-electron chi connectivity index (χ0n) is 9.84. The van der Waals surface area contributed by atoms with Crippen molar-refractivity contribution in [3.63, 3.8) is 0 Å². The Morgan fingerprint density at radius 2 is 1.95 bits per heavy atom. The van der Waals surface area contributed by atoms with Gasteiger partial charge < -0.3 is 5.11 Å². The molecule has 0 fully saturated rings. The molecule has 1 aliphatic rings. The standard InChI is InChI=1S/C12H12ClNO4S/c13-10-6-5-8(12(15)16)7-11(10)19(17,18)14-9-3-1-2-4-9/h1-2,5-7,9,14H,3-4H2,(H,15,16). The van der Waals surface area contributed by atoms with Crippen molar-refractivity contribution < 1.29 is 18.3 Å². The third-order valence-corrected chi connectivity index (χ3v) is 4.80. The summed E-state index contributed by atoms with van der Waals surface area (Å²) < 4.78 is 26.8. The predicted molar refractivity (Wildman–Crippen MR) is 70.9 cm³/mol. The number of nitrogens with one attached hydrogen (secondary N) is 1. The molecule has 7 heteroatoms. The van der Waals surface area contributed by atoms with E-state index in [1.54, 1.807) is 0 Å². The van der Waals surface area contributed by atoms with E-state index in [1.165, 1.54) is 12.1 Å². The van der Waals surface area contributed by atoms with Crippen LogP contribution in [0, 0.1) is 0 Å². The first-order valence-corrected chi connectivity index (χ1v) is 7.46. The van der Waals surface area contributed by atoms with Crippen molar-refractivity contribution in [2.75, 3.05) is 0 Å². The lowest BCUT2D eigenvalue weighted by molar-refractivity contribution is 0.0696. The minimum Gasteiger partial charge on any atom is -0.478 e. The van der Waals surface area contributed by atoms with E-state index in [2.05, 4.69) is 4.72 Å². The van der Waals surface area contributed by atoms with Crippen LogP contribution in [0.3, 0.4) is 0 Å². The Bertz CT molecular complexity index is 631. The van der Waals surface area contributed by atoms with Gasteiger partial charge in [0.05, 0.1) is 10.6 Å². The summed E-state index contributed by atoms with van der Waals surface area (Å²) in [6.45, 7) is 0. The Hall–Kier alpha value is -1.37. The van der Waals surface area contributed by atoms with Crippen LogP contribution in [0.15, 0.2) is 35.2 Å². The first-order chi connectivity index (χ1) is 8.90. The predicted octanol–water partition coefficient (Wildman–Crippen LogP) is 2.04. The van der Waals surface area contributed by atoms with E-state index < -0.39 is 16.0 Å². The number of carbonyl (C=O) groups is 1. The number of halogens is 1. The molecule has 1 aliphatic carbocycles. The second-order valence-corrected chi connectivity index (χ2v) is 6.30. The fraction of sp³-hybridized carbons (Fsp3) is 0.250. The summed E-state index contributed by atoms with van der Waals surface area (Å²) in [6, 6.07) is 3.40. The van der Waals surface area contributed by atoms with Gasteiger partial charge in [0.2, 0.25) is 10.0 Å². The van der Waals surface area contributed by atoms with E-state index in [1.807, 2.05) is 12.2 Å². The molecule has 0 spiro atoms. The Morgan fingerprint density at radius 1 is 1.32 bits per heavy atom. The molecule has 19 heavy (non-hydrogen) atoms. The van der Waals surface area contributed by atoms with Crippen molar-refractivity contribution in [3.05, 3.63) is 40.9 Å². The third kappa shape index (κ3) is 3.15. The molecule has 102 valence electrons. The summed E-state index contributed by atoms with van der Waals surface area (Å²) in [5, 5.41) is 8.89. The molecule has 0 saturated carbocycles. The van der Waals surface area contributed by atoms with Gasteiger partial charge in [0.1, 0.15) is 4.90 Å². The normalized spacial score (nSPS) is 15.8. The number of hydrogen-bond donors (Lipinski definition) is 2. The zero-order chi connectivity index (χ0) is 14.0. The Kier molecular flexibility index (Phi) is 3.93. The van der Waals surface area contributed by atoms with E-state index in [0.29, 0.717) is 12.8 Å². The number of sulfonamides is 1. The number of hydrogen-bond acceptors (Lipinski definition) is 3. The van der Waals surface area contributed by atoms with Crippen molar-refractivity contribution in [1.82, 2.24) is 4.72 Å². The van der Waals surface area contributed by atoms with Gasteiger partial charge >= 0.3 is 5.97 Å². The molecule has 0 amide bonds. The van der Waals surface area contributed by atoms with Crippen LogP contribution in [0.2, 0.25) is 5.02 Å². The van der Waals surface area contributed by atoms with Gasteiger partial charge in [0.15, 0.2) is 0 Å². The van der Waals surface area contributed by atoms with E-state index in [4.69, 9.17) is 16.7 Å². The van der Waals surface area contributed by atoms with Gasteiger partial charge in [0.25, 0.3) is 0 Å². The summed E-state index contributed by atoms with van der Waals surface area (Å²) in [7, 11) is -3.82. The van der Waals surface area contributed by atoms with Gasteiger partial charge in [-0.25, -0.2) is 17.9 Å². The monoisotopic (exact) mass is 301 g/mol. The van der Waals surface area contributed by atoms with Gasteiger partial charge in [-0.3, -0.25) is 0 Å². The fourth-order valence-corrected chi connectivity index (χ4v) is 3.63. The molecule has 0 saturated heterocycles. The highest BCUT2D eigenvalue weighted by Gasteiger charge is 2.24. The molecule has 0 atom stereocenters. The maximum absolute atomic E-state index is 12.2. The Balaban J connectivity index is 2.33. The molecule has 1 aromatic carbocycles. The van der Waals surface area contributed by atoms with Crippen LogP contribution in [0.5, 0.6) is 0 Å². The maximum atomic E-state index is 12.2. The molecule has 0 heterocycles. The summed E-state index contributed by atoms with van der Waals surface area (Å²) in [6.07, 6.45) is 5.02. The van der Waals surface area contributed by atoms with Crippen LogP contribution >= 0.6 is 11.6 Å². The molecule has 0 radical (unpaired) electrons. The minimum atomic E-state index is -3.82. The van der Waals surface area contributed by atoms with Crippen molar-refractivity contribution in [2.45, 2.75) is 23.8 Å². The molecule has 0 aromatic heterocycles. The van der Waals surface area contributed by atoms with Crippen molar-refractivity contribution >= 4 is 27.6 Å². The molecule has 0 unspecified atom stereocenters. The minimum absolute atomic E-state index is 0.00320. The van der Waals surface area contributed by atoms with Crippen LogP contribution in [-0.4, -0.2) is 25.5 Å². The van der Waals surface area contributed by atoms with E-state index >= 15 is 0 Å². The van der Waals surface area contributed by atoms with Gasteiger partial charge in [-0.05, 0) is 31.0 Å². The number of carboxylic acids is 1. The second-order valence-electron chi connectivity index (χ2n) is 4.21. The highest BCUT2D eigenvalue weighted by Crippen LogP contribution is 2.24. The molecular weight excluding hydrogens is 290 g/mol. The average molecular weight is 302 g/mol. The molecule has 1 aromatic rings.